The lowest BCUT2D eigenvalue weighted by Gasteiger charge is -2.16. The summed E-state index contributed by atoms with van der Waals surface area (Å²) in [5.41, 5.74) is -0.934. The third-order valence-electron chi connectivity index (χ3n) is 2.40. The lowest BCUT2D eigenvalue weighted by Crippen LogP contribution is -2.42. The van der Waals surface area contributed by atoms with Crippen LogP contribution in [0.3, 0.4) is 0 Å². The Hall–Kier alpha value is -1.93. The number of hydrogen-bond donors (Lipinski definition) is 3. The van der Waals surface area contributed by atoms with Gasteiger partial charge in [-0.2, -0.15) is 0 Å². The maximum Gasteiger partial charge on any atom is 0.265 e. The minimum absolute atomic E-state index is 0.0869. The summed E-state index contributed by atoms with van der Waals surface area (Å²) < 4.78 is 5.82. The first-order valence-corrected chi connectivity index (χ1v) is 5.76. The van der Waals surface area contributed by atoms with E-state index in [0.717, 1.165) is 16.8 Å². The molecule has 0 aliphatic carbocycles. The fraction of sp³-hybridized carbons (Fsp3) is 0.545. The lowest BCUT2D eigenvalue weighted by molar-refractivity contribution is -0.123. The maximum atomic E-state index is 11.7. The van der Waals surface area contributed by atoms with Crippen molar-refractivity contribution in [3.8, 4) is 0 Å². The zero-order valence-corrected chi connectivity index (χ0v) is 10.6. The second-order valence-corrected chi connectivity index (χ2v) is 3.97. The second kappa shape index (κ2) is 7.49. The Balaban J connectivity index is 2.65. The molecule has 1 unspecified atom stereocenters. The van der Waals surface area contributed by atoms with Gasteiger partial charge in [-0.05, 0) is 6.42 Å². The Labute approximate surface area is 109 Å². The van der Waals surface area contributed by atoms with E-state index in [4.69, 9.17) is 9.84 Å². The summed E-state index contributed by atoms with van der Waals surface area (Å²) in [7, 11) is 1.48. The molecule has 1 heterocycles. The maximum absolute atomic E-state index is 11.7. The Bertz CT molecular complexity index is 516. The van der Waals surface area contributed by atoms with Gasteiger partial charge in [0.2, 0.25) is 5.91 Å². The van der Waals surface area contributed by atoms with Crippen molar-refractivity contribution in [3.63, 3.8) is 0 Å². The standard InChI is InChI=1S/C11H17N3O5/c1-19-7-8(4-5-15)12-10(17)6-14-11(18)3-2-9(16)13-14/h2-3,8,15H,4-7H2,1H3,(H,12,17)(H,13,16). The van der Waals surface area contributed by atoms with E-state index < -0.39 is 17.0 Å². The monoisotopic (exact) mass is 271 g/mol. The Morgan fingerprint density at radius 1 is 1.53 bits per heavy atom. The molecule has 0 aliphatic rings. The molecular formula is C11H17N3O5. The number of nitrogens with zero attached hydrogens (tertiary/aromatic N) is 1. The van der Waals surface area contributed by atoms with Crippen LogP contribution in [0.4, 0.5) is 0 Å². The number of aromatic nitrogens is 2. The van der Waals surface area contributed by atoms with Crippen LogP contribution in [0.1, 0.15) is 6.42 Å². The first-order valence-electron chi connectivity index (χ1n) is 5.76. The van der Waals surface area contributed by atoms with Gasteiger partial charge in [0, 0.05) is 25.8 Å². The van der Waals surface area contributed by atoms with Gasteiger partial charge in [0.05, 0.1) is 12.6 Å². The van der Waals surface area contributed by atoms with Crippen LogP contribution < -0.4 is 16.4 Å². The fourth-order valence-electron chi connectivity index (χ4n) is 1.55. The third kappa shape index (κ3) is 5.06. The number of aromatic amines is 1. The van der Waals surface area contributed by atoms with Gasteiger partial charge in [0.1, 0.15) is 6.54 Å². The number of H-pyrrole nitrogens is 1. The highest BCUT2D eigenvalue weighted by molar-refractivity contribution is 5.75. The topological polar surface area (TPSA) is 113 Å². The first-order chi connectivity index (χ1) is 9.06. The quantitative estimate of drug-likeness (QED) is 0.533. The Morgan fingerprint density at radius 2 is 2.26 bits per heavy atom. The minimum Gasteiger partial charge on any atom is -0.396 e. The van der Waals surface area contributed by atoms with Gasteiger partial charge in [-0.15, -0.1) is 0 Å². The van der Waals surface area contributed by atoms with Gasteiger partial charge >= 0.3 is 0 Å². The van der Waals surface area contributed by atoms with Gasteiger partial charge in [0.15, 0.2) is 0 Å². The molecule has 0 radical (unpaired) electrons. The summed E-state index contributed by atoms with van der Waals surface area (Å²) in [5, 5.41) is 13.7. The van der Waals surface area contributed by atoms with E-state index in [0.29, 0.717) is 6.42 Å². The number of methoxy groups -OCH3 is 1. The molecule has 3 N–H and O–H groups in total. The van der Waals surface area contributed by atoms with Gasteiger partial charge in [-0.3, -0.25) is 19.5 Å². The molecule has 1 atom stereocenters. The minimum atomic E-state index is -0.472. The molecule has 0 fully saturated rings. The van der Waals surface area contributed by atoms with E-state index >= 15 is 0 Å². The number of ether oxygens (including phenoxy) is 1. The number of aliphatic hydroxyl groups excluding tert-OH is 1. The smallest absolute Gasteiger partial charge is 0.265 e. The second-order valence-electron chi connectivity index (χ2n) is 3.97. The molecule has 1 aromatic heterocycles. The zero-order valence-electron chi connectivity index (χ0n) is 10.6. The van der Waals surface area contributed by atoms with Crippen molar-refractivity contribution >= 4 is 5.91 Å². The molecule has 0 saturated carbocycles. The molecule has 19 heavy (non-hydrogen) atoms. The van der Waals surface area contributed by atoms with E-state index in [1.807, 2.05) is 0 Å². The first kappa shape index (κ1) is 15.1. The Morgan fingerprint density at radius 3 is 2.89 bits per heavy atom. The lowest BCUT2D eigenvalue weighted by atomic mass is 10.2. The molecule has 1 amide bonds. The van der Waals surface area contributed by atoms with E-state index in [-0.39, 0.29) is 25.8 Å². The van der Waals surface area contributed by atoms with Gasteiger partial charge in [-0.25, -0.2) is 4.68 Å². The van der Waals surface area contributed by atoms with Crippen molar-refractivity contribution in [1.29, 1.82) is 0 Å². The molecule has 0 bridgehead atoms. The molecule has 0 saturated heterocycles. The van der Waals surface area contributed by atoms with Crippen LogP contribution in [0.5, 0.6) is 0 Å². The number of amides is 1. The predicted molar refractivity (Wildman–Crippen MR) is 66.8 cm³/mol. The average Bonchev–Trinajstić information content (AvgIpc) is 2.34. The van der Waals surface area contributed by atoms with E-state index in [1.165, 1.54) is 7.11 Å². The number of carbonyl (C=O) groups excluding carboxylic acids is 1. The fourth-order valence-corrected chi connectivity index (χ4v) is 1.55. The highest BCUT2D eigenvalue weighted by Gasteiger charge is 2.12. The summed E-state index contributed by atoms with van der Waals surface area (Å²) in [6.07, 6.45) is 0.347. The highest BCUT2D eigenvalue weighted by Crippen LogP contribution is 1.92. The van der Waals surface area contributed by atoms with Crippen molar-refractivity contribution in [3.05, 3.63) is 32.8 Å². The summed E-state index contributed by atoms with van der Waals surface area (Å²) >= 11 is 0. The van der Waals surface area contributed by atoms with Crippen LogP contribution in [0.2, 0.25) is 0 Å². The molecule has 0 aromatic carbocycles. The molecule has 1 rings (SSSR count). The summed E-state index contributed by atoms with van der Waals surface area (Å²) in [4.78, 5) is 34.1. The van der Waals surface area contributed by atoms with Crippen molar-refractivity contribution in [2.75, 3.05) is 20.3 Å². The average molecular weight is 271 g/mol. The van der Waals surface area contributed by atoms with Crippen LogP contribution in [0.25, 0.3) is 0 Å². The molecule has 106 valence electrons. The molecule has 0 aliphatic heterocycles. The summed E-state index contributed by atoms with van der Waals surface area (Å²) in [6.45, 7) is -0.122. The van der Waals surface area contributed by atoms with Gasteiger partial charge < -0.3 is 15.2 Å². The van der Waals surface area contributed by atoms with Crippen LogP contribution in [0.15, 0.2) is 21.7 Å². The normalized spacial score (nSPS) is 12.1. The van der Waals surface area contributed by atoms with Gasteiger partial charge in [-0.1, -0.05) is 0 Å². The number of aliphatic hydroxyl groups is 1. The summed E-state index contributed by atoms with van der Waals surface area (Å²) in [6, 6.07) is 1.84. The number of rotatable bonds is 7. The number of nitrogens with one attached hydrogen (secondary N) is 2. The largest absolute Gasteiger partial charge is 0.396 e. The summed E-state index contributed by atoms with van der Waals surface area (Å²) in [5.74, 6) is -0.445. The number of carbonyl (C=O) groups is 1. The van der Waals surface area contributed by atoms with E-state index in [9.17, 15) is 14.4 Å². The van der Waals surface area contributed by atoms with E-state index in [2.05, 4.69) is 10.4 Å². The molecular weight excluding hydrogens is 254 g/mol. The van der Waals surface area contributed by atoms with Crippen LogP contribution in [-0.2, 0) is 16.1 Å². The van der Waals surface area contributed by atoms with Crippen molar-refractivity contribution in [2.45, 2.75) is 19.0 Å². The van der Waals surface area contributed by atoms with Crippen LogP contribution in [0, 0.1) is 0 Å². The third-order valence-corrected chi connectivity index (χ3v) is 2.40. The van der Waals surface area contributed by atoms with Crippen LogP contribution >= 0.6 is 0 Å². The van der Waals surface area contributed by atoms with Crippen molar-refractivity contribution in [2.24, 2.45) is 0 Å². The number of hydrogen-bond acceptors (Lipinski definition) is 5. The molecule has 1 aromatic rings. The molecule has 8 heteroatoms. The molecule has 8 nitrogen and oxygen atoms in total. The SMILES string of the molecule is COCC(CCO)NC(=O)Cn1[nH]c(=O)ccc1=O. The van der Waals surface area contributed by atoms with Crippen LogP contribution in [-0.4, -0.2) is 47.2 Å². The molecule has 0 spiro atoms. The predicted octanol–water partition coefficient (Wildman–Crippen LogP) is -1.95. The van der Waals surface area contributed by atoms with Gasteiger partial charge in [0.25, 0.3) is 11.1 Å². The highest BCUT2D eigenvalue weighted by atomic mass is 16.5. The zero-order chi connectivity index (χ0) is 14.3. The Kier molecular flexibility index (Phi) is 5.97. The van der Waals surface area contributed by atoms with Crippen molar-refractivity contribution < 1.29 is 14.6 Å². The van der Waals surface area contributed by atoms with Crippen molar-refractivity contribution in [1.82, 2.24) is 15.1 Å². The van der Waals surface area contributed by atoms with E-state index in [1.54, 1.807) is 0 Å².